The van der Waals surface area contributed by atoms with Crippen LogP contribution in [0.3, 0.4) is 0 Å². The van der Waals surface area contributed by atoms with Crippen molar-refractivity contribution in [2.45, 2.75) is 13.1 Å². The summed E-state index contributed by atoms with van der Waals surface area (Å²) < 4.78 is 42.3. The summed E-state index contributed by atoms with van der Waals surface area (Å²) in [7, 11) is 1.17. The summed E-state index contributed by atoms with van der Waals surface area (Å²) in [5, 5.41) is 0. The van der Waals surface area contributed by atoms with Crippen molar-refractivity contribution in [2.24, 2.45) is 0 Å². The Balaban J connectivity index is 3.13. The zero-order valence-corrected chi connectivity index (χ0v) is 9.34. The van der Waals surface area contributed by atoms with Gasteiger partial charge in [-0.15, -0.1) is 0 Å². The molecule has 0 unspecified atom stereocenters. The third kappa shape index (κ3) is 3.62. The molecule has 0 saturated carbocycles. The van der Waals surface area contributed by atoms with Gasteiger partial charge in [0.1, 0.15) is 5.75 Å². The molecular weight excluding hydrogens is 233 g/mol. The molecule has 5 heteroatoms. The van der Waals surface area contributed by atoms with E-state index in [1.54, 1.807) is 0 Å². The molecule has 0 heterocycles. The minimum absolute atomic E-state index is 0.177. The van der Waals surface area contributed by atoms with E-state index < -0.39 is 11.7 Å². The number of allylic oxidation sites excluding steroid dienone is 1. The van der Waals surface area contributed by atoms with E-state index in [-0.39, 0.29) is 11.5 Å². The fourth-order valence-corrected chi connectivity index (χ4v) is 1.26. The molecule has 0 radical (unpaired) electrons. The van der Waals surface area contributed by atoms with Crippen LogP contribution in [-0.2, 0) is 11.0 Å². The lowest BCUT2D eigenvalue weighted by molar-refractivity contribution is -0.138. The number of carbonyl (C=O) groups excluding carboxylic acids is 1. The highest BCUT2D eigenvalue weighted by atomic mass is 19.4. The number of methoxy groups -OCH3 is 1. The van der Waals surface area contributed by atoms with E-state index in [1.807, 2.05) is 0 Å². The molecule has 92 valence electrons. The van der Waals surface area contributed by atoms with Crippen LogP contribution < -0.4 is 4.74 Å². The third-order valence-corrected chi connectivity index (χ3v) is 2.04. The summed E-state index contributed by atoms with van der Waals surface area (Å²) in [6, 6.07) is 3.45. The van der Waals surface area contributed by atoms with Gasteiger partial charge in [-0.05, 0) is 30.7 Å². The molecule has 0 aromatic heterocycles. The molecular formula is C12H11F3O2. The van der Waals surface area contributed by atoms with Gasteiger partial charge < -0.3 is 4.74 Å². The van der Waals surface area contributed by atoms with Crippen LogP contribution in [0.4, 0.5) is 13.2 Å². The molecule has 0 amide bonds. The first-order valence-electron chi connectivity index (χ1n) is 4.78. The van der Waals surface area contributed by atoms with E-state index >= 15 is 0 Å². The van der Waals surface area contributed by atoms with Gasteiger partial charge in [0.15, 0.2) is 5.78 Å². The van der Waals surface area contributed by atoms with Crippen molar-refractivity contribution in [1.82, 2.24) is 0 Å². The second-order valence-electron chi connectivity index (χ2n) is 3.40. The smallest absolute Gasteiger partial charge is 0.419 e. The minimum Gasteiger partial charge on any atom is -0.496 e. The number of hydrogen-bond acceptors (Lipinski definition) is 2. The lowest BCUT2D eigenvalue weighted by Gasteiger charge is -2.12. The summed E-state index contributed by atoms with van der Waals surface area (Å²) in [5.74, 6) is -0.438. The van der Waals surface area contributed by atoms with Crippen LogP contribution in [0.2, 0.25) is 0 Å². The lowest BCUT2D eigenvalue weighted by atomic mass is 10.1. The maximum absolute atomic E-state index is 12.5. The van der Waals surface area contributed by atoms with E-state index in [0.29, 0.717) is 5.56 Å². The molecule has 2 nitrogen and oxygen atoms in total. The summed E-state index contributed by atoms with van der Waals surface area (Å²) in [6.07, 6.45) is -1.73. The first-order chi connectivity index (χ1) is 7.84. The molecule has 0 N–H and O–H groups in total. The van der Waals surface area contributed by atoms with Gasteiger partial charge in [-0.1, -0.05) is 12.1 Å². The molecule has 0 aliphatic carbocycles. The Morgan fingerprint density at radius 2 is 2.00 bits per heavy atom. The average Bonchev–Trinajstić information content (AvgIpc) is 2.24. The van der Waals surface area contributed by atoms with Crippen LogP contribution in [0.15, 0.2) is 24.3 Å². The SMILES string of the molecule is COc1cc(C=CC(C)=O)ccc1C(F)(F)F. The van der Waals surface area contributed by atoms with Crippen LogP contribution in [0.25, 0.3) is 6.08 Å². The zero-order valence-electron chi connectivity index (χ0n) is 9.34. The highest BCUT2D eigenvalue weighted by Gasteiger charge is 2.34. The topological polar surface area (TPSA) is 26.3 Å². The molecule has 1 rings (SSSR count). The van der Waals surface area contributed by atoms with Gasteiger partial charge in [0.05, 0.1) is 12.7 Å². The molecule has 1 aromatic rings. The largest absolute Gasteiger partial charge is 0.496 e. The summed E-state index contributed by atoms with van der Waals surface area (Å²) in [4.78, 5) is 10.7. The highest BCUT2D eigenvalue weighted by Crippen LogP contribution is 2.36. The first kappa shape index (κ1) is 13.3. The number of ether oxygens (including phenoxy) is 1. The Morgan fingerprint density at radius 1 is 1.35 bits per heavy atom. The molecule has 17 heavy (non-hydrogen) atoms. The summed E-state index contributed by atoms with van der Waals surface area (Å²) >= 11 is 0. The van der Waals surface area contributed by atoms with Gasteiger partial charge >= 0.3 is 6.18 Å². The predicted molar refractivity (Wildman–Crippen MR) is 57.7 cm³/mol. The van der Waals surface area contributed by atoms with Crippen molar-refractivity contribution in [1.29, 1.82) is 0 Å². The molecule has 0 aliphatic heterocycles. The molecule has 0 bridgehead atoms. The van der Waals surface area contributed by atoms with Gasteiger partial charge in [0, 0.05) is 0 Å². The Labute approximate surface area is 96.7 Å². The molecule has 0 fully saturated rings. The fraction of sp³-hybridized carbons (Fsp3) is 0.250. The van der Waals surface area contributed by atoms with Crippen molar-refractivity contribution in [2.75, 3.05) is 7.11 Å². The summed E-state index contributed by atoms with van der Waals surface area (Å²) in [5.41, 5.74) is -0.356. The Bertz CT molecular complexity index is 448. The van der Waals surface area contributed by atoms with Crippen molar-refractivity contribution < 1.29 is 22.7 Å². The van der Waals surface area contributed by atoms with Crippen LogP contribution in [0.5, 0.6) is 5.75 Å². The molecule has 0 atom stereocenters. The van der Waals surface area contributed by atoms with E-state index in [4.69, 9.17) is 0 Å². The van der Waals surface area contributed by atoms with Crippen molar-refractivity contribution in [3.05, 3.63) is 35.4 Å². The maximum Gasteiger partial charge on any atom is 0.419 e. The standard InChI is InChI=1S/C12H11F3O2/c1-8(16)3-4-9-5-6-10(12(13,14)15)11(7-9)17-2/h3-7H,1-2H3. The van der Waals surface area contributed by atoms with Gasteiger partial charge in [-0.2, -0.15) is 13.2 Å². The van der Waals surface area contributed by atoms with Crippen LogP contribution in [0.1, 0.15) is 18.1 Å². The van der Waals surface area contributed by atoms with Gasteiger partial charge in [-0.3, -0.25) is 4.79 Å². The Kier molecular flexibility index (Phi) is 3.93. The maximum atomic E-state index is 12.5. The number of benzene rings is 1. The van der Waals surface area contributed by atoms with Crippen molar-refractivity contribution in [3.8, 4) is 5.75 Å². The number of halogens is 3. The van der Waals surface area contributed by atoms with Crippen LogP contribution >= 0.6 is 0 Å². The van der Waals surface area contributed by atoms with E-state index in [9.17, 15) is 18.0 Å². The number of hydrogen-bond donors (Lipinski definition) is 0. The van der Waals surface area contributed by atoms with Gasteiger partial charge in [0.2, 0.25) is 0 Å². The second-order valence-corrected chi connectivity index (χ2v) is 3.40. The van der Waals surface area contributed by atoms with Gasteiger partial charge in [-0.25, -0.2) is 0 Å². The predicted octanol–water partition coefficient (Wildman–Crippen LogP) is 3.32. The zero-order chi connectivity index (χ0) is 13.1. The van der Waals surface area contributed by atoms with Crippen molar-refractivity contribution >= 4 is 11.9 Å². The Hall–Kier alpha value is -1.78. The lowest BCUT2D eigenvalue weighted by Crippen LogP contribution is -2.07. The second kappa shape index (κ2) is 5.03. The minimum atomic E-state index is -4.45. The molecule has 0 spiro atoms. The van der Waals surface area contributed by atoms with Crippen LogP contribution in [-0.4, -0.2) is 12.9 Å². The van der Waals surface area contributed by atoms with E-state index in [1.165, 1.54) is 38.3 Å². The van der Waals surface area contributed by atoms with Crippen molar-refractivity contribution in [3.63, 3.8) is 0 Å². The Morgan fingerprint density at radius 3 is 2.47 bits per heavy atom. The number of carbonyl (C=O) groups is 1. The first-order valence-corrected chi connectivity index (χ1v) is 4.78. The van der Waals surface area contributed by atoms with E-state index in [2.05, 4.69) is 4.74 Å². The van der Waals surface area contributed by atoms with Gasteiger partial charge in [0.25, 0.3) is 0 Å². The number of rotatable bonds is 3. The summed E-state index contributed by atoms with van der Waals surface area (Å²) in [6.45, 7) is 1.36. The molecule has 0 saturated heterocycles. The van der Waals surface area contributed by atoms with Crippen LogP contribution in [0, 0.1) is 0 Å². The molecule has 0 aliphatic rings. The number of alkyl halides is 3. The quantitative estimate of drug-likeness (QED) is 0.762. The highest BCUT2D eigenvalue weighted by molar-refractivity contribution is 5.91. The monoisotopic (exact) mass is 244 g/mol. The van der Waals surface area contributed by atoms with E-state index in [0.717, 1.165) is 6.07 Å². The third-order valence-electron chi connectivity index (χ3n) is 2.04. The average molecular weight is 244 g/mol. The normalized spacial score (nSPS) is 11.8. The molecule has 1 aromatic carbocycles. The fourth-order valence-electron chi connectivity index (χ4n) is 1.26. The number of ketones is 1.